The van der Waals surface area contributed by atoms with Gasteiger partial charge in [-0.15, -0.1) is 0 Å². The van der Waals surface area contributed by atoms with E-state index < -0.39 is 12.1 Å². The third-order valence-corrected chi connectivity index (χ3v) is 1.60. The van der Waals surface area contributed by atoms with Crippen LogP contribution in [0.25, 0.3) is 0 Å². The first-order valence-electron chi connectivity index (χ1n) is 3.62. The first-order chi connectivity index (χ1) is 6.15. The maximum atomic E-state index is 10.5. The normalized spacial score (nSPS) is 12.1. The molecule has 0 spiro atoms. The van der Waals surface area contributed by atoms with Crippen molar-refractivity contribution in [3.05, 3.63) is 35.4 Å². The molecule has 0 aliphatic heterocycles. The van der Waals surface area contributed by atoms with Crippen LogP contribution in [0.3, 0.4) is 0 Å². The number of carboxylic acids is 1. The van der Waals surface area contributed by atoms with Crippen molar-refractivity contribution in [2.24, 2.45) is 0 Å². The Hall–Kier alpha value is -1.68. The lowest BCUT2D eigenvalue weighted by Gasteiger charge is -2.03. The molecule has 13 heavy (non-hydrogen) atoms. The van der Waals surface area contributed by atoms with Crippen molar-refractivity contribution < 1.29 is 19.8 Å². The fraction of sp³-hybridized carbons (Fsp3) is 0.111. The molecule has 68 valence electrons. The van der Waals surface area contributed by atoms with Crippen LogP contribution in [-0.4, -0.2) is 22.5 Å². The number of carbonyl (C=O) groups is 2. The molecular weight excluding hydrogens is 172 g/mol. The molecule has 4 nitrogen and oxygen atoms in total. The minimum atomic E-state index is -1.25. The fourth-order valence-corrected chi connectivity index (χ4v) is 0.934. The second-order valence-corrected chi connectivity index (χ2v) is 2.51. The highest BCUT2D eigenvalue weighted by Gasteiger charge is 2.08. The van der Waals surface area contributed by atoms with Crippen LogP contribution < -0.4 is 0 Å². The molecule has 0 aromatic heterocycles. The van der Waals surface area contributed by atoms with Crippen LogP contribution in [0.1, 0.15) is 22.0 Å². The van der Waals surface area contributed by atoms with Crippen LogP contribution in [0, 0.1) is 0 Å². The number of rotatable bonds is 3. The molecule has 0 aliphatic rings. The smallest absolute Gasteiger partial charge is 0.335 e. The molecule has 1 atom stereocenters. The Morgan fingerprint density at radius 2 is 2.15 bits per heavy atom. The topological polar surface area (TPSA) is 74.6 Å². The first-order valence-corrected chi connectivity index (χ1v) is 3.62. The minimum absolute atomic E-state index is 0.0541. The van der Waals surface area contributed by atoms with Crippen LogP contribution in [0.15, 0.2) is 24.3 Å². The summed E-state index contributed by atoms with van der Waals surface area (Å²) in [6, 6.07) is 5.63. The number of aromatic carboxylic acids is 1. The van der Waals surface area contributed by atoms with Crippen molar-refractivity contribution in [3.8, 4) is 0 Å². The van der Waals surface area contributed by atoms with E-state index in [0.29, 0.717) is 6.29 Å². The number of hydrogen-bond donors (Lipinski definition) is 2. The molecule has 4 heteroatoms. The standard InChI is InChI=1S/C9H8O4/c10-5-8(11)6-2-1-3-7(4-6)9(12)13/h1-5,8,11H,(H,12,13). The van der Waals surface area contributed by atoms with Crippen molar-refractivity contribution >= 4 is 12.3 Å². The van der Waals surface area contributed by atoms with Gasteiger partial charge in [-0.25, -0.2) is 4.79 Å². The molecule has 1 rings (SSSR count). The summed E-state index contributed by atoms with van der Waals surface area (Å²) in [5.74, 6) is -1.08. The molecule has 2 N–H and O–H groups in total. The predicted octanol–water partition coefficient (Wildman–Crippen LogP) is 0.617. The van der Waals surface area contributed by atoms with Crippen LogP contribution in [0.5, 0.6) is 0 Å². The molecule has 0 bridgehead atoms. The fourth-order valence-electron chi connectivity index (χ4n) is 0.934. The third-order valence-electron chi connectivity index (χ3n) is 1.60. The van der Waals surface area contributed by atoms with Gasteiger partial charge in [0.15, 0.2) is 6.29 Å². The number of carboxylic acid groups (broad SMARTS) is 1. The number of carbonyl (C=O) groups excluding carboxylic acids is 1. The molecule has 0 amide bonds. The maximum absolute atomic E-state index is 10.5. The van der Waals surface area contributed by atoms with E-state index in [0.717, 1.165) is 0 Å². The molecule has 1 aromatic carbocycles. The van der Waals surface area contributed by atoms with E-state index in [4.69, 9.17) is 10.2 Å². The minimum Gasteiger partial charge on any atom is -0.478 e. The number of aldehydes is 1. The third kappa shape index (κ3) is 2.13. The van der Waals surface area contributed by atoms with Crippen LogP contribution in [0.2, 0.25) is 0 Å². The first kappa shape index (κ1) is 9.41. The van der Waals surface area contributed by atoms with E-state index in [2.05, 4.69) is 0 Å². The Bertz CT molecular complexity index is 332. The number of benzene rings is 1. The molecular formula is C9H8O4. The van der Waals surface area contributed by atoms with Gasteiger partial charge in [-0.05, 0) is 17.7 Å². The van der Waals surface area contributed by atoms with Gasteiger partial charge in [0.05, 0.1) is 5.56 Å². The number of aliphatic hydroxyl groups is 1. The van der Waals surface area contributed by atoms with Gasteiger partial charge in [0.2, 0.25) is 0 Å². The Kier molecular flexibility index (Phi) is 2.76. The van der Waals surface area contributed by atoms with Gasteiger partial charge in [-0.1, -0.05) is 12.1 Å². The monoisotopic (exact) mass is 180 g/mol. The summed E-state index contributed by atoms with van der Waals surface area (Å²) in [7, 11) is 0. The second-order valence-electron chi connectivity index (χ2n) is 2.51. The number of aliphatic hydroxyl groups excluding tert-OH is 1. The maximum Gasteiger partial charge on any atom is 0.335 e. The molecule has 1 unspecified atom stereocenters. The van der Waals surface area contributed by atoms with E-state index in [1.807, 2.05) is 0 Å². The Labute approximate surface area is 74.4 Å². The SMILES string of the molecule is O=CC(O)c1cccc(C(=O)O)c1. The lowest BCUT2D eigenvalue weighted by Crippen LogP contribution is -2.02. The summed E-state index contributed by atoms with van der Waals surface area (Å²) in [5.41, 5.74) is 0.341. The van der Waals surface area contributed by atoms with Crippen LogP contribution >= 0.6 is 0 Å². The van der Waals surface area contributed by atoms with Crippen molar-refractivity contribution in [1.82, 2.24) is 0 Å². The summed E-state index contributed by atoms with van der Waals surface area (Å²) < 4.78 is 0. The second kappa shape index (κ2) is 3.82. The largest absolute Gasteiger partial charge is 0.478 e. The highest BCUT2D eigenvalue weighted by atomic mass is 16.4. The Balaban J connectivity index is 3.04. The van der Waals surface area contributed by atoms with E-state index in [1.165, 1.54) is 24.3 Å². The summed E-state index contributed by atoms with van der Waals surface area (Å²) in [6.07, 6.45) is -0.902. The quantitative estimate of drug-likeness (QED) is 0.668. The van der Waals surface area contributed by atoms with Gasteiger partial charge in [0.25, 0.3) is 0 Å². The summed E-state index contributed by atoms with van der Waals surface area (Å²) in [4.78, 5) is 20.7. The molecule has 0 fully saturated rings. The van der Waals surface area contributed by atoms with E-state index >= 15 is 0 Å². The van der Waals surface area contributed by atoms with E-state index in [1.54, 1.807) is 0 Å². The van der Waals surface area contributed by atoms with E-state index in [-0.39, 0.29) is 11.1 Å². The zero-order valence-corrected chi connectivity index (χ0v) is 6.68. The molecule has 0 saturated heterocycles. The van der Waals surface area contributed by atoms with Gasteiger partial charge < -0.3 is 15.0 Å². The van der Waals surface area contributed by atoms with Crippen LogP contribution in [0.4, 0.5) is 0 Å². The van der Waals surface area contributed by atoms with Crippen molar-refractivity contribution in [2.45, 2.75) is 6.10 Å². The number of hydrogen-bond acceptors (Lipinski definition) is 3. The van der Waals surface area contributed by atoms with Gasteiger partial charge in [-0.2, -0.15) is 0 Å². The predicted molar refractivity (Wildman–Crippen MR) is 44.4 cm³/mol. The summed E-state index contributed by atoms with van der Waals surface area (Å²) in [5, 5.41) is 17.7. The summed E-state index contributed by atoms with van der Waals surface area (Å²) in [6.45, 7) is 0. The highest BCUT2D eigenvalue weighted by Crippen LogP contribution is 2.12. The zero-order chi connectivity index (χ0) is 9.84. The zero-order valence-electron chi connectivity index (χ0n) is 6.68. The van der Waals surface area contributed by atoms with Gasteiger partial charge in [0.1, 0.15) is 6.10 Å². The van der Waals surface area contributed by atoms with Gasteiger partial charge in [0, 0.05) is 0 Å². The van der Waals surface area contributed by atoms with Crippen molar-refractivity contribution in [2.75, 3.05) is 0 Å². The molecule has 0 radical (unpaired) electrons. The Morgan fingerprint density at radius 3 is 2.69 bits per heavy atom. The molecule has 0 aliphatic carbocycles. The van der Waals surface area contributed by atoms with Gasteiger partial charge in [-0.3, -0.25) is 0 Å². The van der Waals surface area contributed by atoms with Crippen LogP contribution in [-0.2, 0) is 4.79 Å². The average Bonchev–Trinajstić information content (AvgIpc) is 2.17. The lowest BCUT2D eigenvalue weighted by atomic mass is 10.1. The lowest BCUT2D eigenvalue weighted by molar-refractivity contribution is -0.115. The van der Waals surface area contributed by atoms with Gasteiger partial charge >= 0.3 is 5.97 Å². The average molecular weight is 180 g/mol. The van der Waals surface area contributed by atoms with Crippen molar-refractivity contribution in [3.63, 3.8) is 0 Å². The highest BCUT2D eigenvalue weighted by molar-refractivity contribution is 5.88. The molecule has 0 heterocycles. The van der Waals surface area contributed by atoms with E-state index in [9.17, 15) is 9.59 Å². The molecule has 1 aromatic rings. The molecule has 0 saturated carbocycles. The summed E-state index contributed by atoms with van der Waals surface area (Å²) >= 11 is 0. The van der Waals surface area contributed by atoms with Crippen molar-refractivity contribution in [1.29, 1.82) is 0 Å². The Morgan fingerprint density at radius 1 is 1.46 bits per heavy atom.